The molecule has 0 atom stereocenters. The zero-order chi connectivity index (χ0) is 18.8. The van der Waals surface area contributed by atoms with Crippen LogP contribution >= 0.6 is 11.8 Å². The molecule has 0 fully saturated rings. The van der Waals surface area contributed by atoms with Crippen LogP contribution in [0.1, 0.15) is 17.5 Å². The summed E-state index contributed by atoms with van der Waals surface area (Å²) < 4.78 is 1.95. The van der Waals surface area contributed by atoms with Gasteiger partial charge in [-0.2, -0.15) is 0 Å². The Morgan fingerprint density at radius 1 is 1.11 bits per heavy atom. The fourth-order valence-electron chi connectivity index (χ4n) is 3.39. The van der Waals surface area contributed by atoms with Crippen molar-refractivity contribution in [2.45, 2.75) is 24.9 Å². The van der Waals surface area contributed by atoms with Gasteiger partial charge in [-0.3, -0.25) is 4.79 Å². The number of hydrogen-bond acceptors (Lipinski definition) is 4. The molecule has 1 amide bonds. The number of fused-ring (bicyclic) bond motifs is 1. The van der Waals surface area contributed by atoms with Gasteiger partial charge in [-0.25, -0.2) is 0 Å². The lowest BCUT2D eigenvalue weighted by Gasteiger charge is -2.29. The molecule has 2 aromatic carbocycles. The number of thioether (sulfide) groups is 1. The normalized spacial score (nSPS) is 13.5. The third-order valence-corrected chi connectivity index (χ3v) is 5.89. The van der Waals surface area contributed by atoms with E-state index in [-0.39, 0.29) is 5.91 Å². The number of amides is 1. The Morgan fingerprint density at radius 3 is 2.70 bits per heavy atom. The number of para-hydroxylation sites is 1. The highest BCUT2D eigenvalue weighted by Gasteiger charge is 2.23. The quantitative estimate of drug-likeness (QED) is 0.647. The van der Waals surface area contributed by atoms with E-state index in [1.807, 2.05) is 46.8 Å². The first-order valence-corrected chi connectivity index (χ1v) is 10.1. The SMILES string of the molecule is Cc1ccc(-c2nnc(SCC(=O)N3CCCc4ccccc43)n2C)cc1. The standard InChI is InChI=1S/C21H22N4OS/c1-15-9-11-17(12-10-15)20-22-23-21(24(20)2)27-14-19(26)25-13-5-7-16-6-3-4-8-18(16)25/h3-4,6,8-12H,5,7,13-14H2,1-2H3. The van der Waals surface area contributed by atoms with Gasteiger partial charge in [0.15, 0.2) is 11.0 Å². The third kappa shape index (κ3) is 3.62. The molecule has 1 aliphatic heterocycles. The molecule has 2 heterocycles. The molecule has 0 N–H and O–H groups in total. The Labute approximate surface area is 163 Å². The van der Waals surface area contributed by atoms with Crippen LogP contribution in [0.2, 0.25) is 0 Å². The van der Waals surface area contributed by atoms with E-state index in [2.05, 4.69) is 35.3 Å². The molecule has 6 heteroatoms. The summed E-state index contributed by atoms with van der Waals surface area (Å²) in [5.74, 6) is 1.29. The van der Waals surface area contributed by atoms with Gasteiger partial charge < -0.3 is 9.47 Å². The number of benzene rings is 2. The molecule has 4 rings (SSSR count). The molecular formula is C21H22N4OS. The van der Waals surface area contributed by atoms with Crippen LogP contribution < -0.4 is 4.90 Å². The zero-order valence-corrected chi connectivity index (χ0v) is 16.4. The second-order valence-corrected chi connectivity index (χ2v) is 7.74. The van der Waals surface area contributed by atoms with Crippen molar-refractivity contribution in [1.82, 2.24) is 14.8 Å². The molecule has 27 heavy (non-hydrogen) atoms. The van der Waals surface area contributed by atoms with Gasteiger partial charge in [0, 0.05) is 24.8 Å². The van der Waals surface area contributed by atoms with E-state index in [0.29, 0.717) is 5.75 Å². The minimum absolute atomic E-state index is 0.118. The molecule has 138 valence electrons. The lowest BCUT2D eigenvalue weighted by Crippen LogP contribution is -2.36. The number of carbonyl (C=O) groups excluding carboxylic acids is 1. The highest BCUT2D eigenvalue weighted by Crippen LogP contribution is 2.28. The van der Waals surface area contributed by atoms with Gasteiger partial charge in [0.1, 0.15) is 0 Å². The van der Waals surface area contributed by atoms with Crippen molar-refractivity contribution in [2.75, 3.05) is 17.2 Å². The Morgan fingerprint density at radius 2 is 1.89 bits per heavy atom. The van der Waals surface area contributed by atoms with Crippen LogP contribution in [0.25, 0.3) is 11.4 Å². The van der Waals surface area contributed by atoms with Crippen molar-refractivity contribution < 1.29 is 4.79 Å². The molecule has 5 nitrogen and oxygen atoms in total. The average molecular weight is 379 g/mol. The van der Waals surface area contributed by atoms with E-state index in [0.717, 1.165) is 41.6 Å². The lowest BCUT2D eigenvalue weighted by molar-refractivity contribution is -0.116. The Bertz CT molecular complexity index is 965. The monoisotopic (exact) mass is 378 g/mol. The summed E-state index contributed by atoms with van der Waals surface area (Å²) in [6.07, 6.45) is 2.05. The second-order valence-electron chi connectivity index (χ2n) is 6.80. The summed E-state index contributed by atoms with van der Waals surface area (Å²) in [7, 11) is 1.94. The molecule has 3 aromatic rings. The largest absolute Gasteiger partial charge is 0.311 e. The molecule has 1 aromatic heterocycles. The summed E-state index contributed by atoms with van der Waals surface area (Å²) in [5, 5.41) is 9.34. The fourth-order valence-corrected chi connectivity index (χ4v) is 4.18. The maximum absolute atomic E-state index is 12.8. The maximum atomic E-state index is 12.8. The zero-order valence-electron chi connectivity index (χ0n) is 15.6. The first-order valence-electron chi connectivity index (χ1n) is 9.11. The number of nitrogens with zero attached hydrogens (tertiary/aromatic N) is 4. The van der Waals surface area contributed by atoms with Crippen molar-refractivity contribution in [1.29, 1.82) is 0 Å². The number of rotatable bonds is 4. The van der Waals surface area contributed by atoms with Crippen molar-refractivity contribution in [2.24, 2.45) is 7.05 Å². The number of anilines is 1. The Hall–Kier alpha value is -2.60. The van der Waals surface area contributed by atoms with Gasteiger partial charge in [-0.05, 0) is 31.4 Å². The van der Waals surface area contributed by atoms with Crippen molar-refractivity contribution >= 4 is 23.4 Å². The van der Waals surface area contributed by atoms with Crippen LogP contribution in [0.4, 0.5) is 5.69 Å². The molecule has 0 radical (unpaired) electrons. The van der Waals surface area contributed by atoms with E-state index in [4.69, 9.17) is 0 Å². The summed E-state index contributed by atoms with van der Waals surface area (Å²) >= 11 is 1.44. The van der Waals surface area contributed by atoms with E-state index < -0.39 is 0 Å². The second kappa shape index (κ2) is 7.56. The molecule has 0 aliphatic carbocycles. The number of hydrogen-bond donors (Lipinski definition) is 0. The van der Waals surface area contributed by atoms with Crippen LogP contribution in [0, 0.1) is 6.92 Å². The van der Waals surface area contributed by atoms with Gasteiger partial charge in [-0.1, -0.05) is 59.8 Å². The molecule has 0 bridgehead atoms. The molecule has 0 saturated heterocycles. The van der Waals surface area contributed by atoms with E-state index in [1.54, 1.807) is 0 Å². The van der Waals surface area contributed by atoms with Crippen molar-refractivity contribution in [3.05, 3.63) is 59.7 Å². The van der Waals surface area contributed by atoms with E-state index in [9.17, 15) is 4.79 Å². The van der Waals surface area contributed by atoms with Crippen LogP contribution in [0.15, 0.2) is 53.7 Å². The van der Waals surface area contributed by atoms with Gasteiger partial charge in [-0.15, -0.1) is 10.2 Å². The minimum Gasteiger partial charge on any atom is -0.311 e. The van der Waals surface area contributed by atoms with Crippen molar-refractivity contribution in [3.63, 3.8) is 0 Å². The number of carbonyl (C=O) groups is 1. The highest BCUT2D eigenvalue weighted by atomic mass is 32.2. The van der Waals surface area contributed by atoms with Crippen LogP contribution in [-0.2, 0) is 18.3 Å². The summed E-state index contributed by atoms with van der Waals surface area (Å²) in [6.45, 7) is 2.84. The first kappa shape index (κ1) is 17.8. The van der Waals surface area contributed by atoms with Gasteiger partial charge >= 0.3 is 0 Å². The Kier molecular flexibility index (Phi) is 4.99. The predicted octanol–water partition coefficient (Wildman–Crippen LogP) is 3.86. The van der Waals surface area contributed by atoms with E-state index >= 15 is 0 Å². The summed E-state index contributed by atoms with van der Waals surface area (Å²) in [5.41, 5.74) is 4.54. The third-order valence-electron chi connectivity index (χ3n) is 4.88. The molecule has 0 saturated carbocycles. The topological polar surface area (TPSA) is 51.0 Å². The van der Waals surface area contributed by atoms with Crippen LogP contribution in [0.5, 0.6) is 0 Å². The Balaban J connectivity index is 1.47. The fraction of sp³-hybridized carbons (Fsp3) is 0.286. The number of aryl methyl sites for hydroxylation is 2. The highest BCUT2D eigenvalue weighted by molar-refractivity contribution is 7.99. The average Bonchev–Trinajstić information content (AvgIpc) is 3.07. The summed E-state index contributed by atoms with van der Waals surface area (Å²) in [4.78, 5) is 14.7. The smallest absolute Gasteiger partial charge is 0.237 e. The first-order chi connectivity index (χ1) is 13.1. The lowest BCUT2D eigenvalue weighted by atomic mass is 10.0. The summed E-state index contributed by atoms with van der Waals surface area (Å²) in [6, 6.07) is 16.4. The molecule has 1 aliphatic rings. The van der Waals surface area contributed by atoms with Gasteiger partial charge in [0.2, 0.25) is 5.91 Å². The van der Waals surface area contributed by atoms with Crippen LogP contribution in [0.3, 0.4) is 0 Å². The van der Waals surface area contributed by atoms with Gasteiger partial charge in [0.05, 0.1) is 5.75 Å². The molecular weight excluding hydrogens is 356 g/mol. The minimum atomic E-state index is 0.118. The number of aromatic nitrogens is 3. The molecule has 0 spiro atoms. The van der Waals surface area contributed by atoms with Gasteiger partial charge in [0.25, 0.3) is 0 Å². The predicted molar refractivity (Wildman–Crippen MR) is 109 cm³/mol. The van der Waals surface area contributed by atoms with Crippen LogP contribution in [-0.4, -0.2) is 33.0 Å². The van der Waals surface area contributed by atoms with E-state index in [1.165, 1.54) is 22.9 Å². The maximum Gasteiger partial charge on any atom is 0.237 e. The van der Waals surface area contributed by atoms with Crippen molar-refractivity contribution in [3.8, 4) is 11.4 Å². The molecule has 0 unspecified atom stereocenters.